The van der Waals surface area contributed by atoms with Gasteiger partial charge >= 0.3 is 0 Å². The number of carbonyl (C=O) groups excluding carboxylic acids is 1. The zero-order valence-corrected chi connectivity index (χ0v) is 16.0. The molecule has 5 nitrogen and oxygen atoms in total. The fraction of sp³-hybridized carbons (Fsp3) is 0.588. The molecule has 7 heteroatoms. The first kappa shape index (κ1) is 20.9. The summed E-state index contributed by atoms with van der Waals surface area (Å²) in [4.78, 5) is 14.4. The van der Waals surface area contributed by atoms with E-state index in [4.69, 9.17) is 0 Å². The van der Waals surface area contributed by atoms with Gasteiger partial charge in [0.25, 0.3) is 5.91 Å². The number of benzene rings is 1. The van der Waals surface area contributed by atoms with Crippen LogP contribution in [0.3, 0.4) is 0 Å². The van der Waals surface area contributed by atoms with E-state index in [2.05, 4.69) is 5.32 Å². The van der Waals surface area contributed by atoms with Crippen LogP contribution in [0.2, 0.25) is 0 Å². The van der Waals surface area contributed by atoms with Crippen LogP contribution in [0.15, 0.2) is 24.3 Å². The summed E-state index contributed by atoms with van der Waals surface area (Å²) in [5.41, 5.74) is 1.35. The number of carbonyl (C=O) groups is 1. The molecule has 0 spiro atoms. The standard InChI is InChI=1S/C17H26N2O3S.ClH/c1-18-10-7-14-8-11-19(12-9-14)17(20)16-5-3-15(4-6-16)13-23(2,21)22;/h3-6,14,18H,7-13H2,1-2H3;1H. The second kappa shape index (κ2) is 9.39. The lowest BCUT2D eigenvalue weighted by atomic mass is 9.93. The summed E-state index contributed by atoms with van der Waals surface area (Å²) >= 11 is 0. The van der Waals surface area contributed by atoms with Crippen LogP contribution in [0, 0.1) is 5.92 Å². The maximum Gasteiger partial charge on any atom is 0.253 e. The van der Waals surface area contributed by atoms with Crippen molar-refractivity contribution in [2.45, 2.75) is 25.0 Å². The molecule has 0 atom stereocenters. The van der Waals surface area contributed by atoms with Crippen LogP contribution in [0.5, 0.6) is 0 Å². The zero-order chi connectivity index (χ0) is 16.9. The van der Waals surface area contributed by atoms with Gasteiger partial charge in [-0.05, 0) is 56.5 Å². The van der Waals surface area contributed by atoms with Crippen molar-refractivity contribution in [3.05, 3.63) is 35.4 Å². The minimum atomic E-state index is -3.05. The van der Waals surface area contributed by atoms with Crippen LogP contribution in [-0.2, 0) is 15.6 Å². The highest BCUT2D eigenvalue weighted by Crippen LogP contribution is 2.21. The van der Waals surface area contributed by atoms with Crippen LogP contribution in [-0.4, -0.2) is 52.2 Å². The van der Waals surface area contributed by atoms with E-state index >= 15 is 0 Å². The van der Waals surface area contributed by atoms with Crippen molar-refractivity contribution in [3.63, 3.8) is 0 Å². The fourth-order valence-corrected chi connectivity index (χ4v) is 3.80. The van der Waals surface area contributed by atoms with E-state index in [0.29, 0.717) is 11.5 Å². The molecule has 2 rings (SSSR count). The number of rotatable bonds is 6. The van der Waals surface area contributed by atoms with E-state index in [0.717, 1.165) is 38.0 Å². The molecule has 0 radical (unpaired) electrons. The second-order valence-electron chi connectivity index (χ2n) is 6.39. The minimum absolute atomic E-state index is 0. The molecule has 0 bridgehead atoms. The molecule has 24 heavy (non-hydrogen) atoms. The Labute approximate surface area is 151 Å². The summed E-state index contributed by atoms with van der Waals surface area (Å²) in [5, 5.41) is 3.17. The number of nitrogens with zero attached hydrogens (tertiary/aromatic N) is 1. The first-order valence-electron chi connectivity index (χ1n) is 8.09. The van der Waals surface area contributed by atoms with Gasteiger partial charge in [-0.1, -0.05) is 12.1 Å². The summed E-state index contributed by atoms with van der Waals surface area (Å²) in [5.74, 6) is 0.754. The molecular weight excluding hydrogens is 348 g/mol. The fourth-order valence-electron chi connectivity index (χ4n) is 3.00. The molecule has 1 fully saturated rings. The smallest absolute Gasteiger partial charge is 0.253 e. The molecule has 1 aromatic rings. The Morgan fingerprint density at radius 1 is 1.21 bits per heavy atom. The van der Waals surface area contributed by atoms with Crippen molar-refractivity contribution < 1.29 is 13.2 Å². The average Bonchev–Trinajstić information content (AvgIpc) is 2.52. The monoisotopic (exact) mass is 374 g/mol. The molecule has 1 N–H and O–H groups in total. The lowest BCUT2D eigenvalue weighted by molar-refractivity contribution is 0.0687. The summed E-state index contributed by atoms with van der Waals surface area (Å²) in [6.07, 6.45) is 4.49. The van der Waals surface area contributed by atoms with Gasteiger partial charge in [0, 0.05) is 24.9 Å². The predicted molar refractivity (Wildman–Crippen MR) is 99.4 cm³/mol. The molecule has 1 aliphatic rings. The Bertz CT molecular complexity index is 624. The van der Waals surface area contributed by atoms with Gasteiger partial charge in [0.1, 0.15) is 0 Å². The largest absolute Gasteiger partial charge is 0.339 e. The highest BCUT2D eigenvalue weighted by Gasteiger charge is 2.23. The van der Waals surface area contributed by atoms with Crippen LogP contribution in [0.25, 0.3) is 0 Å². The predicted octanol–water partition coefficient (Wildman–Crippen LogP) is 2.11. The Morgan fingerprint density at radius 2 is 1.79 bits per heavy atom. The van der Waals surface area contributed by atoms with Gasteiger partial charge in [0.2, 0.25) is 0 Å². The lowest BCUT2D eigenvalue weighted by Gasteiger charge is -2.32. The number of amides is 1. The topological polar surface area (TPSA) is 66.5 Å². The lowest BCUT2D eigenvalue weighted by Crippen LogP contribution is -2.38. The van der Waals surface area contributed by atoms with E-state index < -0.39 is 9.84 Å². The van der Waals surface area contributed by atoms with Crippen LogP contribution >= 0.6 is 12.4 Å². The van der Waals surface area contributed by atoms with Gasteiger partial charge in [0.15, 0.2) is 9.84 Å². The molecule has 136 valence electrons. The number of nitrogens with one attached hydrogen (secondary N) is 1. The molecule has 0 saturated carbocycles. The van der Waals surface area contributed by atoms with Crippen molar-refractivity contribution in [2.24, 2.45) is 5.92 Å². The highest BCUT2D eigenvalue weighted by atomic mass is 35.5. The molecule has 1 saturated heterocycles. The quantitative estimate of drug-likeness (QED) is 0.828. The van der Waals surface area contributed by atoms with Gasteiger partial charge < -0.3 is 10.2 Å². The molecule has 0 unspecified atom stereocenters. The maximum absolute atomic E-state index is 12.5. The molecule has 0 aliphatic carbocycles. The Morgan fingerprint density at radius 3 is 2.29 bits per heavy atom. The first-order chi connectivity index (χ1) is 10.9. The Kier molecular flexibility index (Phi) is 8.19. The maximum atomic E-state index is 12.5. The molecule has 1 aliphatic heterocycles. The van der Waals surface area contributed by atoms with Crippen molar-refractivity contribution in [1.29, 1.82) is 0 Å². The third kappa shape index (κ3) is 6.42. The van der Waals surface area contributed by atoms with Gasteiger partial charge in [-0.25, -0.2) is 8.42 Å². The van der Waals surface area contributed by atoms with Gasteiger partial charge in [-0.2, -0.15) is 0 Å². The normalized spacial score (nSPS) is 15.8. The van der Waals surface area contributed by atoms with E-state index in [1.165, 1.54) is 12.7 Å². The van der Waals surface area contributed by atoms with E-state index in [9.17, 15) is 13.2 Å². The van der Waals surface area contributed by atoms with E-state index in [1.54, 1.807) is 24.3 Å². The highest BCUT2D eigenvalue weighted by molar-refractivity contribution is 7.89. The van der Waals surface area contributed by atoms with E-state index in [-0.39, 0.29) is 24.1 Å². The van der Waals surface area contributed by atoms with Gasteiger partial charge in [-0.3, -0.25) is 4.79 Å². The molecule has 0 aromatic heterocycles. The van der Waals surface area contributed by atoms with Gasteiger partial charge in [0.05, 0.1) is 5.75 Å². The molecule has 1 aromatic carbocycles. The van der Waals surface area contributed by atoms with Crippen LogP contribution < -0.4 is 5.32 Å². The number of piperidine rings is 1. The molecular formula is C17H27ClN2O3S. The average molecular weight is 375 g/mol. The third-order valence-electron chi connectivity index (χ3n) is 4.33. The SMILES string of the molecule is CNCCC1CCN(C(=O)c2ccc(CS(C)(=O)=O)cc2)CC1.Cl. The number of halogens is 1. The third-order valence-corrected chi connectivity index (χ3v) is 5.19. The van der Waals surface area contributed by atoms with Crippen LogP contribution in [0.4, 0.5) is 0 Å². The van der Waals surface area contributed by atoms with Crippen molar-refractivity contribution >= 4 is 28.2 Å². The number of hydrogen-bond donors (Lipinski definition) is 1. The summed E-state index contributed by atoms with van der Waals surface area (Å²) in [7, 11) is -1.08. The summed E-state index contributed by atoms with van der Waals surface area (Å²) in [6.45, 7) is 2.64. The number of hydrogen-bond acceptors (Lipinski definition) is 4. The van der Waals surface area contributed by atoms with Crippen molar-refractivity contribution in [3.8, 4) is 0 Å². The zero-order valence-electron chi connectivity index (χ0n) is 14.3. The second-order valence-corrected chi connectivity index (χ2v) is 8.53. The van der Waals surface area contributed by atoms with Gasteiger partial charge in [-0.15, -0.1) is 12.4 Å². The van der Waals surface area contributed by atoms with Crippen LogP contribution in [0.1, 0.15) is 35.2 Å². The summed E-state index contributed by atoms with van der Waals surface area (Å²) in [6, 6.07) is 6.92. The molecule has 1 amide bonds. The van der Waals surface area contributed by atoms with Crippen molar-refractivity contribution in [2.75, 3.05) is 32.9 Å². The molecule has 1 heterocycles. The van der Waals surface area contributed by atoms with E-state index in [1.807, 2.05) is 11.9 Å². The minimum Gasteiger partial charge on any atom is -0.339 e. The Hall–Kier alpha value is -1.11. The number of sulfone groups is 1. The Balaban J connectivity index is 0.00000288. The number of likely N-dealkylation sites (tertiary alicyclic amines) is 1. The first-order valence-corrected chi connectivity index (χ1v) is 10.2. The summed E-state index contributed by atoms with van der Waals surface area (Å²) < 4.78 is 22.6. The van der Waals surface area contributed by atoms with Crippen molar-refractivity contribution in [1.82, 2.24) is 10.2 Å².